The lowest BCUT2D eigenvalue weighted by molar-refractivity contribution is -0.125. The number of hydrogen-bond acceptors (Lipinski definition) is 5. The van der Waals surface area contributed by atoms with Crippen molar-refractivity contribution in [2.75, 3.05) is 18.5 Å². The molecule has 2 amide bonds. The number of hydrogen-bond donors (Lipinski definition) is 2. The summed E-state index contributed by atoms with van der Waals surface area (Å²) in [5.41, 5.74) is 3.81. The van der Waals surface area contributed by atoms with Gasteiger partial charge in [-0.2, -0.15) is 0 Å². The molecule has 1 heterocycles. The molecule has 0 saturated carbocycles. The molecule has 0 bridgehead atoms. The third kappa shape index (κ3) is 5.89. The van der Waals surface area contributed by atoms with Crippen LogP contribution in [0.3, 0.4) is 0 Å². The second kappa shape index (κ2) is 9.84. The van der Waals surface area contributed by atoms with Gasteiger partial charge in [-0.3, -0.25) is 9.59 Å². The van der Waals surface area contributed by atoms with Crippen molar-refractivity contribution in [1.29, 1.82) is 0 Å². The van der Waals surface area contributed by atoms with E-state index in [1.165, 1.54) is 0 Å². The first-order valence-electron chi connectivity index (χ1n) is 9.35. The van der Waals surface area contributed by atoms with E-state index in [0.717, 1.165) is 33.9 Å². The Balaban J connectivity index is 1.43. The molecule has 3 rings (SSSR count). The van der Waals surface area contributed by atoms with Gasteiger partial charge < -0.3 is 15.4 Å². The monoisotopic (exact) mass is 409 g/mol. The number of carbonyl (C=O) groups is 2. The third-order valence-electron chi connectivity index (χ3n) is 4.21. The van der Waals surface area contributed by atoms with E-state index in [0.29, 0.717) is 5.75 Å². The van der Waals surface area contributed by atoms with E-state index < -0.39 is 0 Å². The maximum atomic E-state index is 12.1. The van der Waals surface area contributed by atoms with Crippen LogP contribution >= 0.6 is 11.3 Å². The number of anilines is 1. The number of nitrogens with one attached hydrogen (secondary N) is 2. The number of rotatable bonds is 8. The van der Waals surface area contributed by atoms with Gasteiger partial charge in [-0.1, -0.05) is 25.1 Å². The molecule has 0 fully saturated rings. The Morgan fingerprint density at radius 2 is 1.83 bits per heavy atom. The molecule has 7 heteroatoms. The number of ether oxygens (including phenoxy) is 1. The molecule has 0 aliphatic carbocycles. The van der Waals surface area contributed by atoms with E-state index in [4.69, 9.17) is 4.74 Å². The third-order valence-corrected chi connectivity index (χ3v) is 5.22. The quantitative estimate of drug-likeness (QED) is 0.593. The minimum Gasteiger partial charge on any atom is -0.484 e. The lowest BCUT2D eigenvalue weighted by Crippen LogP contribution is -2.35. The maximum Gasteiger partial charge on any atom is 0.258 e. The van der Waals surface area contributed by atoms with Crippen LogP contribution in [0.2, 0.25) is 0 Å². The smallest absolute Gasteiger partial charge is 0.258 e. The van der Waals surface area contributed by atoms with Gasteiger partial charge in [0.1, 0.15) is 10.8 Å². The van der Waals surface area contributed by atoms with Gasteiger partial charge in [0.15, 0.2) is 6.61 Å². The van der Waals surface area contributed by atoms with E-state index in [1.54, 1.807) is 23.5 Å². The highest BCUT2D eigenvalue weighted by atomic mass is 32.1. The van der Waals surface area contributed by atoms with Crippen molar-refractivity contribution >= 4 is 28.8 Å². The van der Waals surface area contributed by atoms with Crippen LogP contribution in [-0.4, -0.2) is 29.9 Å². The highest BCUT2D eigenvalue weighted by Gasteiger charge is 2.09. The van der Waals surface area contributed by atoms with Crippen molar-refractivity contribution in [1.82, 2.24) is 10.3 Å². The lowest BCUT2D eigenvalue weighted by atomic mass is 10.1. The Morgan fingerprint density at radius 3 is 2.52 bits per heavy atom. The molecule has 0 radical (unpaired) electrons. The molecule has 0 aliphatic rings. The first-order valence-corrected chi connectivity index (χ1v) is 10.2. The molecular formula is C22H23N3O3S. The summed E-state index contributed by atoms with van der Waals surface area (Å²) in [6.07, 6.45) is 0.817. The van der Waals surface area contributed by atoms with Crippen molar-refractivity contribution in [2.45, 2.75) is 20.3 Å². The molecule has 150 valence electrons. The fourth-order valence-electron chi connectivity index (χ4n) is 2.70. The number of carbonyl (C=O) groups excluding carboxylic acids is 2. The van der Waals surface area contributed by atoms with Crippen molar-refractivity contribution in [3.05, 3.63) is 65.2 Å². The Bertz CT molecular complexity index is 983. The Labute approximate surface area is 173 Å². The van der Waals surface area contributed by atoms with Crippen molar-refractivity contribution in [2.24, 2.45) is 0 Å². The summed E-state index contributed by atoms with van der Waals surface area (Å²) in [4.78, 5) is 28.5. The molecule has 0 saturated heterocycles. The number of aryl methyl sites for hydroxylation is 2. The summed E-state index contributed by atoms with van der Waals surface area (Å²) in [7, 11) is 0. The summed E-state index contributed by atoms with van der Waals surface area (Å²) < 4.78 is 5.49. The van der Waals surface area contributed by atoms with Crippen LogP contribution in [0, 0.1) is 6.92 Å². The summed E-state index contributed by atoms with van der Waals surface area (Å²) in [6, 6.07) is 15.0. The minimum atomic E-state index is -0.358. The highest BCUT2D eigenvalue weighted by molar-refractivity contribution is 7.13. The lowest BCUT2D eigenvalue weighted by Gasteiger charge is -2.11. The summed E-state index contributed by atoms with van der Waals surface area (Å²) >= 11 is 1.58. The van der Waals surface area contributed by atoms with Crippen LogP contribution < -0.4 is 15.4 Å². The van der Waals surface area contributed by atoms with Crippen LogP contribution in [0.5, 0.6) is 5.75 Å². The van der Waals surface area contributed by atoms with Gasteiger partial charge in [0.05, 0.1) is 6.54 Å². The number of nitrogens with zero attached hydrogens (tertiary/aromatic N) is 1. The zero-order valence-electron chi connectivity index (χ0n) is 16.4. The van der Waals surface area contributed by atoms with E-state index in [9.17, 15) is 9.59 Å². The average molecular weight is 410 g/mol. The molecule has 2 N–H and O–H groups in total. The fourth-order valence-corrected chi connectivity index (χ4v) is 3.51. The topological polar surface area (TPSA) is 80.3 Å². The minimum absolute atomic E-state index is 0.109. The Hall–Kier alpha value is -3.19. The van der Waals surface area contributed by atoms with Crippen LogP contribution in [0.4, 0.5) is 5.69 Å². The SMILES string of the molecule is CCc1ccccc1NC(=O)CNC(=O)COc1ccc(-c2nc(C)cs2)cc1. The number of thiazole rings is 1. The van der Waals surface area contributed by atoms with E-state index >= 15 is 0 Å². The van der Waals surface area contributed by atoms with Crippen LogP contribution in [-0.2, 0) is 16.0 Å². The molecule has 0 aliphatic heterocycles. The summed E-state index contributed by atoms with van der Waals surface area (Å²) in [5.74, 6) is -0.0515. The van der Waals surface area contributed by atoms with Gasteiger partial charge in [0.2, 0.25) is 5.91 Å². The second-order valence-electron chi connectivity index (χ2n) is 6.44. The highest BCUT2D eigenvalue weighted by Crippen LogP contribution is 2.25. The van der Waals surface area contributed by atoms with E-state index in [-0.39, 0.29) is 25.0 Å². The van der Waals surface area contributed by atoms with Crippen molar-refractivity contribution in [3.8, 4) is 16.3 Å². The predicted octanol–water partition coefficient (Wildman–Crippen LogP) is 3.81. The Morgan fingerprint density at radius 1 is 1.07 bits per heavy atom. The van der Waals surface area contributed by atoms with Gasteiger partial charge >= 0.3 is 0 Å². The molecule has 2 aromatic carbocycles. The molecule has 0 atom stereocenters. The van der Waals surface area contributed by atoms with E-state index in [2.05, 4.69) is 15.6 Å². The number of aromatic nitrogens is 1. The van der Waals surface area contributed by atoms with E-state index in [1.807, 2.05) is 55.6 Å². The largest absolute Gasteiger partial charge is 0.484 e. The first-order chi connectivity index (χ1) is 14.0. The van der Waals surface area contributed by atoms with Gasteiger partial charge in [0.25, 0.3) is 5.91 Å². The van der Waals surface area contributed by atoms with Crippen molar-refractivity contribution < 1.29 is 14.3 Å². The molecule has 29 heavy (non-hydrogen) atoms. The molecular weight excluding hydrogens is 386 g/mol. The number of para-hydroxylation sites is 1. The second-order valence-corrected chi connectivity index (χ2v) is 7.30. The summed E-state index contributed by atoms with van der Waals surface area (Å²) in [6.45, 7) is 3.71. The average Bonchev–Trinajstić information content (AvgIpc) is 3.18. The van der Waals surface area contributed by atoms with Gasteiger partial charge in [-0.05, 0) is 49.2 Å². The van der Waals surface area contributed by atoms with Crippen LogP contribution in [0.25, 0.3) is 10.6 Å². The van der Waals surface area contributed by atoms with Crippen LogP contribution in [0.15, 0.2) is 53.9 Å². The number of benzene rings is 2. The fraction of sp³-hybridized carbons (Fsp3) is 0.227. The predicted molar refractivity (Wildman–Crippen MR) is 115 cm³/mol. The van der Waals surface area contributed by atoms with Gasteiger partial charge in [0, 0.05) is 22.3 Å². The first kappa shape index (κ1) is 20.5. The standard InChI is InChI=1S/C22H23N3O3S/c1-3-16-6-4-5-7-19(16)25-20(26)12-23-21(27)13-28-18-10-8-17(9-11-18)22-24-15(2)14-29-22/h4-11,14H,3,12-13H2,1-2H3,(H,23,27)(H,25,26). The van der Waals surface area contributed by atoms with Crippen LogP contribution in [0.1, 0.15) is 18.2 Å². The normalized spacial score (nSPS) is 10.4. The molecule has 1 aromatic heterocycles. The van der Waals surface area contributed by atoms with Crippen molar-refractivity contribution in [3.63, 3.8) is 0 Å². The zero-order valence-corrected chi connectivity index (χ0v) is 17.2. The molecule has 3 aromatic rings. The zero-order chi connectivity index (χ0) is 20.6. The maximum absolute atomic E-state index is 12.1. The Kier molecular flexibility index (Phi) is 6.97. The molecule has 0 spiro atoms. The molecule has 6 nitrogen and oxygen atoms in total. The van der Waals surface area contributed by atoms with Gasteiger partial charge in [-0.15, -0.1) is 11.3 Å². The van der Waals surface area contributed by atoms with Gasteiger partial charge in [-0.25, -0.2) is 4.98 Å². The number of amides is 2. The molecule has 0 unspecified atom stereocenters. The summed E-state index contributed by atoms with van der Waals surface area (Å²) in [5, 5.41) is 8.33.